The van der Waals surface area contributed by atoms with Crippen molar-refractivity contribution in [3.8, 4) is 0 Å². The van der Waals surface area contributed by atoms with Gasteiger partial charge in [-0.05, 0) is 37.0 Å². The highest BCUT2D eigenvalue weighted by Gasteiger charge is 2.46. The van der Waals surface area contributed by atoms with E-state index in [9.17, 15) is 5.11 Å². The van der Waals surface area contributed by atoms with Gasteiger partial charge in [-0.15, -0.1) is 6.58 Å². The van der Waals surface area contributed by atoms with Crippen molar-refractivity contribution in [1.29, 1.82) is 0 Å². The van der Waals surface area contributed by atoms with Crippen molar-refractivity contribution in [3.05, 3.63) is 12.7 Å². The quantitative estimate of drug-likeness (QED) is 0.715. The number of aliphatic hydroxyl groups is 1. The highest BCUT2D eigenvalue weighted by atomic mass is 16.3. The van der Waals surface area contributed by atoms with E-state index in [1.54, 1.807) is 0 Å². The van der Waals surface area contributed by atoms with E-state index in [1.165, 1.54) is 12.8 Å². The molecule has 1 saturated carbocycles. The van der Waals surface area contributed by atoms with Gasteiger partial charge in [0.2, 0.25) is 0 Å². The molecule has 0 bridgehead atoms. The standard InChI is InChI=1S/C15H28O/c1-6-13(7-2)15(16)10-12(5)8-9-14(15)11(3)4/h6,11-14,16H,1,7-10H2,2-5H3/t12-,13-,14-,15+/m1/s1. The average molecular weight is 224 g/mol. The highest BCUT2D eigenvalue weighted by molar-refractivity contribution is 5.02. The first-order valence-electron chi connectivity index (χ1n) is 6.80. The zero-order valence-corrected chi connectivity index (χ0v) is 11.4. The summed E-state index contributed by atoms with van der Waals surface area (Å²) in [5.41, 5.74) is -0.512. The topological polar surface area (TPSA) is 20.2 Å². The van der Waals surface area contributed by atoms with Crippen LogP contribution in [0.15, 0.2) is 12.7 Å². The zero-order chi connectivity index (χ0) is 12.3. The Morgan fingerprint density at radius 3 is 2.50 bits per heavy atom. The summed E-state index contributed by atoms with van der Waals surface area (Å²) in [5, 5.41) is 11.1. The molecule has 1 aliphatic rings. The Hall–Kier alpha value is -0.300. The minimum Gasteiger partial charge on any atom is -0.389 e. The Kier molecular flexibility index (Phi) is 4.61. The number of hydrogen-bond donors (Lipinski definition) is 1. The third-order valence-electron chi connectivity index (χ3n) is 4.46. The van der Waals surface area contributed by atoms with Gasteiger partial charge in [0.25, 0.3) is 0 Å². The predicted molar refractivity (Wildman–Crippen MR) is 70.3 cm³/mol. The Morgan fingerprint density at radius 1 is 1.44 bits per heavy atom. The van der Waals surface area contributed by atoms with Gasteiger partial charge >= 0.3 is 0 Å². The Balaban J connectivity index is 2.95. The largest absolute Gasteiger partial charge is 0.389 e. The molecule has 0 aromatic heterocycles. The SMILES string of the molecule is C=C[C@H](CC)[C@@]1(O)C[C@H](C)CC[C@@H]1C(C)C. The molecule has 4 atom stereocenters. The molecule has 1 aliphatic carbocycles. The van der Waals surface area contributed by atoms with Crippen molar-refractivity contribution in [2.24, 2.45) is 23.7 Å². The monoisotopic (exact) mass is 224 g/mol. The minimum absolute atomic E-state index is 0.252. The van der Waals surface area contributed by atoms with E-state index in [1.807, 2.05) is 6.08 Å². The van der Waals surface area contributed by atoms with Crippen LogP contribution < -0.4 is 0 Å². The summed E-state index contributed by atoms with van der Waals surface area (Å²) in [5.74, 6) is 1.90. The molecule has 1 nitrogen and oxygen atoms in total. The van der Waals surface area contributed by atoms with Crippen LogP contribution in [0.5, 0.6) is 0 Å². The summed E-state index contributed by atoms with van der Waals surface area (Å²) in [7, 11) is 0. The Morgan fingerprint density at radius 2 is 2.06 bits per heavy atom. The second-order valence-electron chi connectivity index (χ2n) is 5.98. The third kappa shape index (κ3) is 2.51. The number of hydrogen-bond acceptors (Lipinski definition) is 1. The first kappa shape index (κ1) is 13.8. The predicted octanol–water partition coefficient (Wildman–Crippen LogP) is 4.02. The van der Waals surface area contributed by atoms with Crippen molar-refractivity contribution in [2.75, 3.05) is 0 Å². The van der Waals surface area contributed by atoms with Gasteiger partial charge in [-0.3, -0.25) is 0 Å². The van der Waals surface area contributed by atoms with Crippen molar-refractivity contribution in [1.82, 2.24) is 0 Å². The van der Waals surface area contributed by atoms with Gasteiger partial charge in [0.15, 0.2) is 0 Å². The van der Waals surface area contributed by atoms with E-state index in [2.05, 4.69) is 34.3 Å². The molecule has 0 amide bonds. The molecule has 0 aromatic carbocycles. The molecule has 1 fully saturated rings. The molecular formula is C15H28O. The molecule has 0 saturated heterocycles. The van der Waals surface area contributed by atoms with Crippen LogP contribution >= 0.6 is 0 Å². The smallest absolute Gasteiger partial charge is 0.0742 e. The Bertz CT molecular complexity index is 234. The molecule has 0 aliphatic heterocycles. The van der Waals surface area contributed by atoms with Crippen LogP contribution in [0.3, 0.4) is 0 Å². The van der Waals surface area contributed by atoms with Crippen molar-refractivity contribution >= 4 is 0 Å². The van der Waals surface area contributed by atoms with Crippen LogP contribution in [-0.2, 0) is 0 Å². The van der Waals surface area contributed by atoms with Gasteiger partial charge in [-0.2, -0.15) is 0 Å². The van der Waals surface area contributed by atoms with Gasteiger partial charge in [0.1, 0.15) is 0 Å². The molecule has 0 spiro atoms. The van der Waals surface area contributed by atoms with Crippen LogP contribution in [0.1, 0.15) is 53.4 Å². The van der Waals surface area contributed by atoms with Crippen molar-refractivity contribution in [3.63, 3.8) is 0 Å². The van der Waals surface area contributed by atoms with Crippen LogP contribution in [0.4, 0.5) is 0 Å². The van der Waals surface area contributed by atoms with Gasteiger partial charge in [-0.25, -0.2) is 0 Å². The van der Waals surface area contributed by atoms with Crippen molar-refractivity contribution in [2.45, 2.75) is 59.0 Å². The summed E-state index contributed by atoms with van der Waals surface area (Å²) < 4.78 is 0. The normalized spacial score (nSPS) is 37.4. The van der Waals surface area contributed by atoms with Gasteiger partial charge in [0.05, 0.1) is 5.60 Å². The lowest BCUT2D eigenvalue weighted by Crippen LogP contribution is -2.50. The van der Waals surface area contributed by atoms with E-state index in [4.69, 9.17) is 0 Å². The second-order valence-corrected chi connectivity index (χ2v) is 5.98. The first-order valence-corrected chi connectivity index (χ1v) is 6.80. The van der Waals surface area contributed by atoms with Gasteiger partial charge < -0.3 is 5.11 Å². The fourth-order valence-corrected chi connectivity index (χ4v) is 3.59. The summed E-state index contributed by atoms with van der Waals surface area (Å²) in [4.78, 5) is 0. The highest BCUT2D eigenvalue weighted by Crippen LogP contribution is 2.46. The second kappa shape index (κ2) is 5.35. The van der Waals surface area contributed by atoms with E-state index in [0.29, 0.717) is 17.8 Å². The van der Waals surface area contributed by atoms with E-state index in [0.717, 1.165) is 12.8 Å². The molecule has 0 aromatic rings. The summed E-state index contributed by atoms with van der Waals surface area (Å²) in [6.07, 6.45) is 6.34. The maximum Gasteiger partial charge on any atom is 0.0742 e. The molecule has 1 N–H and O–H groups in total. The van der Waals surface area contributed by atoms with Gasteiger partial charge in [0, 0.05) is 5.92 Å². The van der Waals surface area contributed by atoms with E-state index >= 15 is 0 Å². The number of rotatable bonds is 4. The average Bonchev–Trinajstić information content (AvgIpc) is 2.18. The third-order valence-corrected chi connectivity index (χ3v) is 4.46. The van der Waals surface area contributed by atoms with E-state index < -0.39 is 5.60 Å². The minimum atomic E-state index is -0.512. The molecule has 0 heterocycles. The lowest BCUT2D eigenvalue weighted by Gasteiger charge is -2.48. The molecule has 0 unspecified atom stereocenters. The summed E-state index contributed by atoms with van der Waals surface area (Å²) >= 11 is 0. The Labute approximate surface area is 101 Å². The van der Waals surface area contributed by atoms with Gasteiger partial charge in [-0.1, -0.05) is 40.2 Å². The first-order chi connectivity index (χ1) is 7.45. The van der Waals surface area contributed by atoms with Crippen LogP contribution in [0.2, 0.25) is 0 Å². The molecule has 1 heteroatoms. The summed E-state index contributed by atoms with van der Waals surface area (Å²) in [6, 6.07) is 0. The fraction of sp³-hybridized carbons (Fsp3) is 0.867. The maximum absolute atomic E-state index is 11.1. The zero-order valence-electron chi connectivity index (χ0n) is 11.4. The molecular weight excluding hydrogens is 196 g/mol. The van der Waals surface area contributed by atoms with Crippen LogP contribution in [0, 0.1) is 23.7 Å². The van der Waals surface area contributed by atoms with Crippen LogP contribution in [0.25, 0.3) is 0 Å². The van der Waals surface area contributed by atoms with Crippen molar-refractivity contribution < 1.29 is 5.11 Å². The van der Waals surface area contributed by atoms with Crippen LogP contribution in [-0.4, -0.2) is 10.7 Å². The molecule has 1 rings (SSSR count). The lowest BCUT2D eigenvalue weighted by molar-refractivity contribution is -0.110. The summed E-state index contributed by atoms with van der Waals surface area (Å²) in [6.45, 7) is 12.8. The van der Waals surface area contributed by atoms with E-state index in [-0.39, 0.29) is 5.92 Å². The maximum atomic E-state index is 11.1. The molecule has 0 radical (unpaired) electrons. The lowest BCUT2D eigenvalue weighted by atomic mass is 9.61. The fourth-order valence-electron chi connectivity index (χ4n) is 3.59. The molecule has 94 valence electrons. The molecule has 16 heavy (non-hydrogen) atoms.